The minimum Gasteiger partial charge on any atom is -0.496 e. The second-order valence-electron chi connectivity index (χ2n) is 11.8. The second kappa shape index (κ2) is 10.8. The number of ether oxygens (including phenoxy) is 2. The van der Waals surface area contributed by atoms with E-state index in [9.17, 15) is 31.1 Å². The molecule has 2 aliphatic rings. The van der Waals surface area contributed by atoms with Gasteiger partial charge in [-0.1, -0.05) is 13.8 Å². The normalized spacial score (nSPS) is 17.8. The fourth-order valence-electron chi connectivity index (χ4n) is 5.59. The fourth-order valence-corrected chi connectivity index (χ4v) is 5.59. The molecule has 1 atom stereocenters. The van der Waals surface area contributed by atoms with Gasteiger partial charge in [-0.25, -0.2) is 27.9 Å². The molecule has 5 rings (SSSR count). The molecule has 2 aromatic carbocycles. The van der Waals surface area contributed by atoms with Crippen molar-refractivity contribution in [2.45, 2.75) is 69.8 Å². The van der Waals surface area contributed by atoms with Gasteiger partial charge < -0.3 is 14.4 Å². The van der Waals surface area contributed by atoms with Crippen LogP contribution in [0.25, 0.3) is 11.1 Å². The van der Waals surface area contributed by atoms with Crippen molar-refractivity contribution < 1.29 is 40.6 Å². The molecular weight excluding hydrogens is 590 g/mol. The summed E-state index contributed by atoms with van der Waals surface area (Å²) in [7, 11) is 4.85. The Morgan fingerprint density at radius 2 is 1.73 bits per heavy atom. The molecular formula is C31H32F6N4O3. The van der Waals surface area contributed by atoms with Crippen LogP contribution >= 0.6 is 0 Å². The summed E-state index contributed by atoms with van der Waals surface area (Å²) in [6.07, 6.45) is -4.65. The first-order chi connectivity index (χ1) is 20.5. The number of rotatable bonds is 8. The van der Waals surface area contributed by atoms with E-state index in [4.69, 9.17) is 9.47 Å². The van der Waals surface area contributed by atoms with Crippen molar-refractivity contribution in [2.75, 3.05) is 26.1 Å². The number of cyclic esters (lactones) is 1. The molecule has 3 aromatic rings. The number of hydrogen-bond donors (Lipinski definition) is 0. The van der Waals surface area contributed by atoms with Gasteiger partial charge in [-0.05, 0) is 54.2 Å². The Balaban J connectivity index is 1.60. The predicted molar refractivity (Wildman–Crippen MR) is 150 cm³/mol. The monoisotopic (exact) mass is 622 g/mol. The summed E-state index contributed by atoms with van der Waals surface area (Å²) >= 11 is 0. The number of amides is 1. The van der Waals surface area contributed by atoms with E-state index < -0.39 is 46.8 Å². The standard InChI is InChI=1S/C31H32F6N4O3/c1-16(2)20-12-21(25(43-6)13-23(20)32)22-14-38-27(40(4)5)39-24(22)15-41-28(42)44-26(30(41)7-8-30)17-9-18(29(3,33)34)11-19(10-17)31(35,36)37/h9-14,16,26H,7-8,15H2,1-6H3. The van der Waals surface area contributed by atoms with E-state index in [1.807, 2.05) is 13.8 Å². The van der Waals surface area contributed by atoms with Crippen LogP contribution in [0, 0.1) is 5.82 Å². The van der Waals surface area contributed by atoms with Gasteiger partial charge in [0.05, 0.1) is 30.5 Å². The minimum absolute atomic E-state index is 0.138. The molecule has 236 valence electrons. The van der Waals surface area contributed by atoms with Crippen molar-refractivity contribution in [3.63, 3.8) is 0 Å². The lowest BCUT2D eigenvalue weighted by Crippen LogP contribution is -2.36. The van der Waals surface area contributed by atoms with E-state index in [1.54, 1.807) is 31.3 Å². The van der Waals surface area contributed by atoms with E-state index in [-0.39, 0.29) is 23.8 Å². The first-order valence-corrected chi connectivity index (χ1v) is 14.0. The second-order valence-corrected chi connectivity index (χ2v) is 11.8. The van der Waals surface area contributed by atoms with Crippen molar-refractivity contribution in [1.29, 1.82) is 0 Å². The van der Waals surface area contributed by atoms with E-state index in [2.05, 4.69) is 9.97 Å². The maximum Gasteiger partial charge on any atom is 0.416 e. The third-order valence-electron chi connectivity index (χ3n) is 8.11. The maximum absolute atomic E-state index is 14.8. The number of halogens is 6. The lowest BCUT2D eigenvalue weighted by atomic mass is 9.93. The zero-order chi connectivity index (χ0) is 32.4. The van der Waals surface area contributed by atoms with Crippen LogP contribution in [0.1, 0.15) is 73.6 Å². The summed E-state index contributed by atoms with van der Waals surface area (Å²) in [5, 5.41) is 0. The van der Waals surface area contributed by atoms with E-state index in [1.165, 1.54) is 18.1 Å². The quantitative estimate of drug-likeness (QED) is 0.239. The highest BCUT2D eigenvalue weighted by Gasteiger charge is 2.63. The molecule has 0 radical (unpaired) electrons. The molecule has 1 unspecified atom stereocenters. The smallest absolute Gasteiger partial charge is 0.416 e. The molecule has 1 aliphatic heterocycles. The first kappa shape index (κ1) is 31.4. The SMILES string of the molecule is COc1cc(F)c(C(C)C)cc1-c1cnc(N(C)C)nc1CN1C(=O)OC(c2cc(C(C)(F)F)cc(C(F)(F)F)c2)C12CC2. The predicted octanol–water partition coefficient (Wildman–Crippen LogP) is 7.84. The number of alkyl halides is 5. The average molecular weight is 623 g/mol. The van der Waals surface area contributed by atoms with Crippen molar-refractivity contribution in [2.24, 2.45) is 0 Å². The Morgan fingerprint density at radius 3 is 2.27 bits per heavy atom. The molecule has 1 saturated heterocycles. The molecule has 1 aromatic heterocycles. The number of methoxy groups -OCH3 is 1. The Bertz CT molecular complexity index is 1570. The third-order valence-corrected chi connectivity index (χ3v) is 8.11. The van der Waals surface area contributed by atoms with E-state index in [0.717, 1.165) is 12.1 Å². The van der Waals surface area contributed by atoms with Gasteiger partial charge in [0.25, 0.3) is 5.92 Å². The Morgan fingerprint density at radius 1 is 1.07 bits per heavy atom. The van der Waals surface area contributed by atoms with E-state index >= 15 is 0 Å². The Labute approximate surface area is 250 Å². The van der Waals surface area contributed by atoms with Crippen molar-refractivity contribution in [3.8, 4) is 16.9 Å². The van der Waals surface area contributed by atoms with Gasteiger partial charge in [0, 0.05) is 50.0 Å². The van der Waals surface area contributed by atoms with Gasteiger partial charge in [-0.2, -0.15) is 13.2 Å². The van der Waals surface area contributed by atoms with Gasteiger partial charge in [0.15, 0.2) is 6.10 Å². The van der Waals surface area contributed by atoms with Crippen molar-refractivity contribution in [1.82, 2.24) is 14.9 Å². The summed E-state index contributed by atoms with van der Waals surface area (Å²) in [4.78, 5) is 25.5. The molecule has 0 bridgehead atoms. The summed E-state index contributed by atoms with van der Waals surface area (Å²) < 4.78 is 95.7. The van der Waals surface area contributed by atoms with Gasteiger partial charge >= 0.3 is 12.3 Å². The molecule has 7 nitrogen and oxygen atoms in total. The molecule has 13 heteroatoms. The minimum atomic E-state index is -4.89. The van der Waals surface area contributed by atoms with Crippen molar-refractivity contribution in [3.05, 3.63) is 70.3 Å². The first-order valence-electron chi connectivity index (χ1n) is 14.0. The van der Waals surface area contributed by atoms with Crippen molar-refractivity contribution >= 4 is 12.0 Å². The lowest BCUT2D eigenvalue weighted by Gasteiger charge is -2.26. The molecule has 2 fully saturated rings. The molecule has 1 saturated carbocycles. The van der Waals surface area contributed by atoms with E-state index in [0.29, 0.717) is 54.2 Å². The van der Waals surface area contributed by atoms with Crippen LogP contribution in [0.4, 0.5) is 37.1 Å². The summed E-state index contributed by atoms with van der Waals surface area (Å²) in [6, 6.07) is 5.05. The topological polar surface area (TPSA) is 67.8 Å². The van der Waals surface area contributed by atoms with Gasteiger partial charge in [-0.3, -0.25) is 4.90 Å². The van der Waals surface area contributed by atoms with Crippen LogP contribution < -0.4 is 9.64 Å². The largest absolute Gasteiger partial charge is 0.496 e. The van der Waals surface area contributed by atoms with Gasteiger partial charge in [0.2, 0.25) is 5.95 Å². The summed E-state index contributed by atoms with van der Waals surface area (Å²) in [5.41, 5.74) is -1.59. The molecule has 1 aliphatic carbocycles. The molecule has 2 heterocycles. The van der Waals surface area contributed by atoms with Crippen LogP contribution in [0.2, 0.25) is 0 Å². The highest BCUT2D eigenvalue weighted by molar-refractivity contribution is 5.76. The summed E-state index contributed by atoms with van der Waals surface area (Å²) in [5.74, 6) is -3.64. The third kappa shape index (κ3) is 5.63. The Kier molecular flexibility index (Phi) is 7.74. The molecule has 0 N–H and O–H groups in total. The van der Waals surface area contributed by atoms with Gasteiger partial charge in [0.1, 0.15) is 11.6 Å². The highest BCUT2D eigenvalue weighted by atomic mass is 19.4. The number of carbonyl (C=O) groups is 1. The lowest BCUT2D eigenvalue weighted by molar-refractivity contribution is -0.137. The van der Waals surface area contributed by atoms with Crippen LogP contribution in [0.3, 0.4) is 0 Å². The van der Waals surface area contributed by atoms with Gasteiger partial charge in [-0.15, -0.1) is 0 Å². The maximum atomic E-state index is 14.8. The fraction of sp³-hybridized carbons (Fsp3) is 0.452. The zero-order valence-corrected chi connectivity index (χ0v) is 25.0. The average Bonchev–Trinajstić information content (AvgIpc) is 3.69. The number of benzene rings is 2. The summed E-state index contributed by atoms with van der Waals surface area (Å²) in [6.45, 7) is 4.05. The molecule has 1 amide bonds. The molecule has 1 spiro atoms. The highest BCUT2D eigenvalue weighted by Crippen LogP contribution is 2.58. The number of nitrogens with zero attached hydrogens (tertiary/aromatic N) is 4. The van der Waals surface area contributed by atoms with Crippen LogP contribution in [0.5, 0.6) is 5.75 Å². The molecule has 44 heavy (non-hydrogen) atoms. The zero-order valence-electron chi connectivity index (χ0n) is 25.0. The van der Waals surface area contributed by atoms with Crippen LogP contribution in [-0.2, 0) is 23.4 Å². The van der Waals surface area contributed by atoms with Crippen LogP contribution in [0.15, 0.2) is 36.5 Å². The number of carbonyl (C=O) groups excluding carboxylic acids is 1. The number of aromatic nitrogens is 2. The van der Waals surface area contributed by atoms with Crippen LogP contribution in [-0.4, -0.2) is 47.7 Å². The number of hydrogen-bond acceptors (Lipinski definition) is 6. The number of anilines is 1. The Hall–Kier alpha value is -4.03.